The van der Waals surface area contributed by atoms with Crippen LogP contribution in [0.3, 0.4) is 0 Å². The topological polar surface area (TPSA) is 77.0 Å². The number of likely N-dealkylation sites (tertiary alicyclic amines) is 1. The Bertz CT molecular complexity index is 816. The van der Waals surface area contributed by atoms with Crippen molar-refractivity contribution in [1.82, 2.24) is 15.5 Å². The minimum atomic E-state index is -3.36. The van der Waals surface area contributed by atoms with E-state index in [-0.39, 0.29) is 11.3 Å². The predicted octanol–water partition coefficient (Wildman–Crippen LogP) is 1.81. The van der Waals surface area contributed by atoms with Gasteiger partial charge in [0.2, 0.25) is 10.0 Å². The Morgan fingerprint density at radius 1 is 1.10 bits per heavy atom. The summed E-state index contributed by atoms with van der Waals surface area (Å²) >= 11 is 0. The van der Waals surface area contributed by atoms with Crippen LogP contribution in [0.1, 0.15) is 38.7 Å². The zero-order valence-corrected chi connectivity index (χ0v) is 18.8. The van der Waals surface area contributed by atoms with Crippen LogP contribution in [0, 0.1) is 0 Å². The maximum absolute atomic E-state index is 12.8. The molecule has 0 saturated carbocycles. The zero-order chi connectivity index (χ0) is 20.9. The van der Waals surface area contributed by atoms with E-state index in [0.717, 1.165) is 37.3 Å². The molecule has 1 aromatic carbocycles. The summed E-state index contributed by atoms with van der Waals surface area (Å²) in [4.78, 5) is 6.78. The number of anilines is 1. The van der Waals surface area contributed by atoms with Crippen LogP contribution in [0.25, 0.3) is 0 Å². The Hall–Kier alpha value is -1.80. The summed E-state index contributed by atoms with van der Waals surface area (Å²) in [6, 6.07) is 7.73. The quantitative estimate of drug-likeness (QED) is 0.519. The molecule has 0 aliphatic carbocycles. The zero-order valence-electron chi connectivity index (χ0n) is 17.9. The van der Waals surface area contributed by atoms with Crippen molar-refractivity contribution in [3.8, 4) is 0 Å². The summed E-state index contributed by atoms with van der Waals surface area (Å²) in [6.07, 6.45) is 4.61. The van der Waals surface area contributed by atoms with E-state index in [2.05, 4.69) is 34.4 Å². The minimum Gasteiger partial charge on any atom is -0.355 e. The van der Waals surface area contributed by atoms with Crippen molar-refractivity contribution in [2.45, 2.75) is 45.1 Å². The van der Waals surface area contributed by atoms with E-state index in [0.29, 0.717) is 19.0 Å². The lowest BCUT2D eigenvalue weighted by atomic mass is 9.98. The second-order valence-corrected chi connectivity index (χ2v) is 10.5. The van der Waals surface area contributed by atoms with Crippen molar-refractivity contribution in [3.63, 3.8) is 0 Å². The SMILES string of the molecule is CN=C(NCCS(=O)(=O)N1CCc2ccccc21)NCC(C)(C)N1CCCCC1. The second kappa shape index (κ2) is 9.34. The number of benzene rings is 1. The highest BCUT2D eigenvalue weighted by atomic mass is 32.2. The molecule has 0 unspecified atom stereocenters. The van der Waals surface area contributed by atoms with Crippen molar-refractivity contribution >= 4 is 21.7 Å². The first-order valence-corrected chi connectivity index (χ1v) is 12.2. The molecule has 1 saturated heterocycles. The predicted molar refractivity (Wildman–Crippen MR) is 120 cm³/mol. The molecule has 3 rings (SSSR count). The number of aliphatic imine (C=N–C) groups is 1. The molecule has 1 fully saturated rings. The molecule has 0 atom stereocenters. The van der Waals surface area contributed by atoms with Gasteiger partial charge in [0.25, 0.3) is 0 Å². The van der Waals surface area contributed by atoms with E-state index in [9.17, 15) is 8.42 Å². The standard InChI is InChI=1S/C21H35N5O2S/c1-21(2,25-13-7-4-8-14-25)17-24-20(22-3)23-12-16-29(27,28)26-15-11-18-9-5-6-10-19(18)26/h5-6,9-10H,4,7-8,11-17H2,1-3H3,(H2,22,23,24). The maximum Gasteiger partial charge on any atom is 0.236 e. The molecule has 162 valence electrons. The van der Waals surface area contributed by atoms with Crippen LogP contribution in [0.4, 0.5) is 5.69 Å². The third-order valence-corrected chi connectivity index (χ3v) is 7.73. The fourth-order valence-electron chi connectivity index (χ4n) is 4.14. The van der Waals surface area contributed by atoms with Crippen molar-refractivity contribution < 1.29 is 8.42 Å². The van der Waals surface area contributed by atoms with Gasteiger partial charge in [-0.1, -0.05) is 24.6 Å². The third kappa shape index (κ3) is 5.42. The summed E-state index contributed by atoms with van der Waals surface area (Å²) in [7, 11) is -1.64. The van der Waals surface area contributed by atoms with E-state index >= 15 is 0 Å². The number of piperidine rings is 1. The van der Waals surface area contributed by atoms with E-state index in [1.807, 2.05) is 24.3 Å². The molecule has 0 aromatic heterocycles. The molecule has 7 nitrogen and oxygen atoms in total. The maximum atomic E-state index is 12.8. The largest absolute Gasteiger partial charge is 0.355 e. The van der Waals surface area contributed by atoms with Gasteiger partial charge in [-0.05, 0) is 57.8 Å². The molecule has 0 radical (unpaired) electrons. The molecular weight excluding hydrogens is 386 g/mol. The van der Waals surface area contributed by atoms with Crippen LogP contribution in [0.15, 0.2) is 29.3 Å². The number of rotatable bonds is 7. The molecule has 0 bridgehead atoms. The number of hydrogen-bond donors (Lipinski definition) is 2. The number of fused-ring (bicyclic) bond motifs is 1. The molecule has 8 heteroatoms. The Kier molecular flexibility index (Phi) is 7.05. The van der Waals surface area contributed by atoms with Crippen LogP contribution in [0.2, 0.25) is 0 Å². The van der Waals surface area contributed by atoms with Gasteiger partial charge in [-0.15, -0.1) is 0 Å². The average molecular weight is 422 g/mol. The third-order valence-electron chi connectivity index (χ3n) is 5.96. The van der Waals surface area contributed by atoms with Gasteiger partial charge in [0.05, 0.1) is 11.4 Å². The van der Waals surface area contributed by atoms with Gasteiger partial charge in [-0.25, -0.2) is 8.42 Å². The lowest BCUT2D eigenvalue weighted by Crippen LogP contribution is -2.55. The van der Waals surface area contributed by atoms with Gasteiger partial charge in [-0.2, -0.15) is 0 Å². The monoisotopic (exact) mass is 421 g/mol. The fourth-order valence-corrected chi connectivity index (χ4v) is 5.56. The van der Waals surface area contributed by atoms with Crippen molar-refractivity contribution in [3.05, 3.63) is 29.8 Å². The highest BCUT2D eigenvalue weighted by molar-refractivity contribution is 7.92. The Morgan fingerprint density at radius 3 is 2.55 bits per heavy atom. The molecule has 2 aliphatic heterocycles. The normalized spacial score (nSPS) is 18.6. The molecule has 0 amide bonds. The molecule has 1 aromatic rings. The van der Waals surface area contributed by atoms with Crippen LogP contribution in [-0.4, -0.2) is 70.3 Å². The van der Waals surface area contributed by atoms with Gasteiger partial charge in [0.1, 0.15) is 0 Å². The lowest BCUT2D eigenvalue weighted by molar-refractivity contribution is 0.0982. The summed E-state index contributed by atoms with van der Waals surface area (Å²) in [6.45, 7) is 8.37. The highest BCUT2D eigenvalue weighted by Gasteiger charge is 2.29. The molecule has 0 spiro atoms. The Balaban J connectivity index is 1.48. The first-order valence-electron chi connectivity index (χ1n) is 10.6. The van der Waals surface area contributed by atoms with Crippen molar-refractivity contribution in [1.29, 1.82) is 0 Å². The Labute approximate surface area is 175 Å². The molecule has 2 aliphatic rings. The fraction of sp³-hybridized carbons (Fsp3) is 0.667. The average Bonchev–Trinajstić information content (AvgIpc) is 3.16. The molecule has 29 heavy (non-hydrogen) atoms. The lowest BCUT2D eigenvalue weighted by Gasteiger charge is -2.41. The van der Waals surface area contributed by atoms with Crippen LogP contribution >= 0.6 is 0 Å². The Morgan fingerprint density at radius 2 is 1.83 bits per heavy atom. The molecular formula is C21H35N5O2S. The van der Waals surface area contributed by atoms with Gasteiger partial charge in [0, 0.05) is 32.2 Å². The van der Waals surface area contributed by atoms with E-state index in [1.165, 1.54) is 19.3 Å². The number of sulfonamides is 1. The summed E-state index contributed by atoms with van der Waals surface area (Å²) in [5, 5.41) is 6.53. The summed E-state index contributed by atoms with van der Waals surface area (Å²) in [5.41, 5.74) is 1.95. The van der Waals surface area contributed by atoms with Gasteiger partial charge >= 0.3 is 0 Å². The van der Waals surface area contributed by atoms with Crippen molar-refractivity contribution in [2.24, 2.45) is 4.99 Å². The van der Waals surface area contributed by atoms with E-state index < -0.39 is 10.0 Å². The number of guanidine groups is 1. The van der Waals surface area contributed by atoms with Crippen molar-refractivity contribution in [2.75, 3.05) is 49.8 Å². The van der Waals surface area contributed by atoms with Crippen LogP contribution in [-0.2, 0) is 16.4 Å². The highest BCUT2D eigenvalue weighted by Crippen LogP contribution is 2.29. The first kappa shape index (κ1) is 21.9. The second-order valence-electron chi connectivity index (χ2n) is 8.48. The minimum absolute atomic E-state index is 0.0311. The number of hydrogen-bond acceptors (Lipinski definition) is 4. The van der Waals surface area contributed by atoms with Gasteiger partial charge < -0.3 is 10.6 Å². The van der Waals surface area contributed by atoms with Crippen LogP contribution in [0.5, 0.6) is 0 Å². The summed E-state index contributed by atoms with van der Waals surface area (Å²) < 4.78 is 27.2. The number of para-hydroxylation sites is 1. The van der Waals surface area contributed by atoms with Gasteiger partial charge in [0.15, 0.2) is 5.96 Å². The van der Waals surface area contributed by atoms with Gasteiger partial charge in [-0.3, -0.25) is 14.2 Å². The number of nitrogens with zero attached hydrogens (tertiary/aromatic N) is 3. The molecule has 2 N–H and O–H groups in total. The van der Waals surface area contributed by atoms with Crippen LogP contribution < -0.4 is 14.9 Å². The van der Waals surface area contributed by atoms with E-state index in [4.69, 9.17) is 0 Å². The smallest absolute Gasteiger partial charge is 0.236 e. The summed E-state index contributed by atoms with van der Waals surface area (Å²) in [5.74, 6) is 0.685. The van der Waals surface area contributed by atoms with E-state index in [1.54, 1.807) is 11.4 Å². The first-order chi connectivity index (χ1) is 13.8. The molecule has 2 heterocycles. The number of nitrogens with one attached hydrogen (secondary N) is 2.